The Morgan fingerprint density at radius 3 is 1.82 bits per heavy atom. The highest BCUT2D eigenvalue weighted by Crippen LogP contribution is 2.19. The summed E-state index contributed by atoms with van der Waals surface area (Å²) < 4.78 is 57.6. The predicted octanol–water partition coefficient (Wildman–Crippen LogP) is -4.02. The summed E-state index contributed by atoms with van der Waals surface area (Å²) in [6, 6.07) is 4.19. The zero-order valence-corrected chi connectivity index (χ0v) is 15.8. The first kappa shape index (κ1) is 24.6. The summed E-state index contributed by atoms with van der Waals surface area (Å²) in [5, 5.41) is 56.0. The van der Waals surface area contributed by atoms with Gasteiger partial charge in [-0.2, -0.15) is 13.1 Å². The fourth-order valence-corrected chi connectivity index (χ4v) is 3.75. The number of hydrogen-bond donors (Lipinski definition) is 9. The second-order valence-electron chi connectivity index (χ2n) is 5.63. The summed E-state index contributed by atoms with van der Waals surface area (Å²) in [5.41, 5.74) is -0.103. The van der Waals surface area contributed by atoms with Crippen LogP contribution in [0.3, 0.4) is 0 Å². The molecular weight excluding hydrogens is 424 g/mol. The van der Waals surface area contributed by atoms with Gasteiger partial charge in [0.2, 0.25) is 10.0 Å². The van der Waals surface area contributed by atoms with Gasteiger partial charge in [-0.25, -0.2) is 8.42 Å². The number of rotatable bonds is 11. The molecule has 15 heteroatoms. The smallest absolute Gasteiger partial charge is 0.288 e. The van der Waals surface area contributed by atoms with E-state index in [9.17, 15) is 41.8 Å². The minimum absolute atomic E-state index is 0.103. The van der Waals surface area contributed by atoms with Crippen LogP contribution in [0.1, 0.15) is 0 Å². The SMILES string of the molecule is O=S(=O)(NCO)c1ccc(N[C@H]([C@H](O)[C@H](O)[C@@H](O)[C@@H](O)CO)S(=O)(=O)O)cc1. The molecule has 13 nitrogen and oxygen atoms in total. The molecule has 28 heavy (non-hydrogen) atoms. The molecule has 0 saturated heterocycles. The maximum Gasteiger partial charge on any atom is 0.288 e. The lowest BCUT2D eigenvalue weighted by Crippen LogP contribution is -2.54. The van der Waals surface area contributed by atoms with Gasteiger partial charge in [-0.05, 0) is 24.3 Å². The van der Waals surface area contributed by atoms with E-state index in [1.165, 1.54) is 0 Å². The van der Waals surface area contributed by atoms with E-state index in [1.807, 2.05) is 4.72 Å². The molecule has 0 aliphatic rings. The number of anilines is 1. The summed E-state index contributed by atoms with van der Waals surface area (Å²) in [6.45, 7) is -1.84. The highest BCUT2D eigenvalue weighted by atomic mass is 32.2. The molecule has 0 radical (unpaired) electrons. The van der Waals surface area contributed by atoms with Crippen LogP contribution >= 0.6 is 0 Å². The van der Waals surface area contributed by atoms with Gasteiger partial charge in [0.05, 0.1) is 11.5 Å². The molecule has 0 aliphatic carbocycles. The summed E-state index contributed by atoms with van der Waals surface area (Å²) in [7, 11) is -9.07. The second kappa shape index (κ2) is 9.88. The molecular formula is C13H22N2O11S2. The Balaban J connectivity index is 3.08. The predicted molar refractivity (Wildman–Crippen MR) is 93.9 cm³/mol. The van der Waals surface area contributed by atoms with Crippen molar-refractivity contribution in [2.45, 2.75) is 34.7 Å². The number of nitrogens with one attached hydrogen (secondary N) is 2. The maximum atomic E-state index is 11.7. The van der Waals surface area contributed by atoms with Crippen molar-refractivity contribution in [2.24, 2.45) is 0 Å². The molecule has 0 amide bonds. The van der Waals surface area contributed by atoms with Crippen LogP contribution in [-0.4, -0.2) is 95.2 Å². The molecule has 5 atom stereocenters. The largest absolute Gasteiger partial charge is 0.394 e. The number of hydrogen-bond acceptors (Lipinski definition) is 11. The molecule has 162 valence electrons. The standard InChI is InChI=1S/C13H22N2O11S2/c16-5-9(18)10(19)11(20)12(21)13(28(24,25)26)15-7-1-3-8(4-2-7)27(22,23)14-6-17/h1-4,9-21H,5-6H2,(H,24,25,26)/t9-,10-,11+,12+,13-/m0/s1. The van der Waals surface area contributed by atoms with Gasteiger partial charge in [-0.15, -0.1) is 0 Å². The van der Waals surface area contributed by atoms with Gasteiger partial charge < -0.3 is 36.0 Å². The van der Waals surface area contributed by atoms with Crippen molar-refractivity contribution in [3.8, 4) is 0 Å². The topological polar surface area (TPSA) is 234 Å². The van der Waals surface area contributed by atoms with E-state index in [2.05, 4.69) is 5.32 Å². The van der Waals surface area contributed by atoms with E-state index < -0.39 is 63.3 Å². The van der Waals surface area contributed by atoms with Crippen LogP contribution < -0.4 is 10.0 Å². The van der Waals surface area contributed by atoms with Crippen molar-refractivity contribution in [3.63, 3.8) is 0 Å². The van der Waals surface area contributed by atoms with Crippen LogP contribution in [0, 0.1) is 0 Å². The quantitative estimate of drug-likeness (QED) is 0.117. The molecule has 1 aromatic rings. The lowest BCUT2D eigenvalue weighted by Gasteiger charge is -2.30. The van der Waals surface area contributed by atoms with Gasteiger partial charge in [-0.3, -0.25) is 4.55 Å². The molecule has 1 aromatic carbocycles. The average molecular weight is 446 g/mol. The van der Waals surface area contributed by atoms with Gasteiger partial charge in [0.25, 0.3) is 10.1 Å². The average Bonchev–Trinajstić information content (AvgIpc) is 2.63. The number of aliphatic hydroxyl groups is 6. The van der Waals surface area contributed by atoms with Crippen LogP contribution in [-0.2, 0) is 20.1 Å². The number of aliphatic hydroxyl groups excluding tert-OH is 6. The first-order chi connectivity index (χ1) is 12.8. The Morgan fingerprint density at radius 2 is 1.39 bits per heavy atom. The van der Waals surface area contributed by atoms with Crippen molar-refractivity contribution < 1.29 is 52.0 Å². The molecule has 0 saturated carbocycles. The third-order valence-electron chi connectivity index (χ3n) is 3.64. The Bertz CT molecular complexity index is 829. The summed E-state index contributed by atoms with van der Waals surface area (Å²) in [5.74, 6) is 0. The molecule has 0 spiro atoms. The first-order valence-electron chi connectivity index (χ1n) is 7.61. The van der Waals surface area contributed by atoms with E-state index in [0.29, 0.717) is 0 Å². The number of benzene rings is 1. The van der Waals surface area contributed by atoms with Crippen LogP contribution in [0.25, 0.3) is 0 Å². The van der Waals surface area contributed by atoms with Gasteiger partial charge in [-0.1, -0.05) is 0 Å². The third kappa shape index (κ3) is 6.31. The second-order valence-corrected chi connectivity index (χ2v) is 8.94. The molecule has 1 rings (SSSR count). The fourth-order valence-electron chi connectivity index (χ4n) is 2.12. The minimum Gasteiger partial charge on any atom is -0.394 e. The van der Waals surface area contributed by atoms with Crippen molar-refractivity contribution >= 4 is 25.8 Å². The molecule has 0 aromatic heterocycles. The van der Waals surface area contributed by atoms with E-state index >= 15 is 0 Å². The normalized spacial score (nSPS) is 18.1. The van der Waals surface area contributed by atoms with E-state index in [0.717, 1.165) is 24.3 Å². The maximum absolute atomic E-state index is 11.7. The van der Waals surface area contributed by atoms with E-state index in [1.54, 1.807) is 0 Å². The molecule has 0 bridgehead atoms. The third-order valence-corrected chi connectivity index (χ3v) is 6.08. The zero-order valence-electron chi connectivity index (χ0n) is 14.2. The van der Waals surface area contributed by atoms with Gasteiger partial charge in [0.1, 0.15) is 31.1 Å². The molecule has 0 heterocycles. The molecule has 0 aliphatic heterocycles. The Kier molecular flexibility index (Phi) is 8.69. The summed E-state index contributed by atoms with van der Waals surface area (Å²) >= 11 is 0. The van der Waals surface area contributed by atoms with Crippen LogP contribution in [0.4, 0.5) is 5.69 Å². The van der Waals surface area contributed by atoms with Crippen molar-refractivity contribution in [1.29, 1.82) is 0 Å². The Labute approximate surface area is 160 Å². The van der Waals surface area contributed by atoms with Crippen molar-refractivity contribution in [3.05, 3.63) is 24.3 Å². The van der Waals surface area contributed by atoms with Gasteiger partial charge >= 0.3 is 0 Å². The molecule has 9 N–H and O–H groups in total. The summed E-state index contributed by atoms with van der Waals surface area (Å²) in [4.78, 5) is -0.280. The Morgan fingerprint density at radius 1 is 0.857 bits per heavy atom. The minimum atomic E-state index is -5.06. The fraction of sp³-hybridized carbons (Fsp3) is 0.538. The van der Waals surface area contributed by atoms with Crippen LogP contribution in [0.2, 0.25) is 0 Å². The van der Waals surface area contributed by atoms with E-state index in [-0.39, 0.29) is 10.6 Å². The lowest BCUT2D eigenvalue weighted by atomic mass is 10.0. The number of sulfonamides is 1. The van der Waals surface area contributed by atoms with Crippen LogP contribution in [0.5, 0.6) is 0 Å². The van der Waals surface area contributed by atoms with E-state index in [4.69, 9.17) is 10.2 Å². The highest BCUT2D eigenvalue weighted by molar-refractivity contribution is 7.89. The summed E-state index contributed by atoms with van der Waals surface area (Å²) in [6.07, 6.45) is -8.67. The van der Waals surface area contributed by atoms with Gasteiger partial charge in [0, 0.05) is 5.69 Å². The molecule has 0 unspecified atom stereocenters. The van der Waals surface area contributed by atoms with Gasteiger partial charge in [0.15, 0.2) is 5.37 Å². The Hall–Kier alpha value is -1.40. The monoisotopic (exact) mass is 446 g/mol. The van der Waals surface area contributed by atoms with Crippen molar-refractivity contribution in [2.75, 3.05) is 18.7 Å². The molecule has 0 fully saturated rings. The first-order valence-corrected chi connectivity index (χ1v) is 10.6. The lowest BCUT2D eigenvalue weighted by molar-refractivity contribution is -0.114. The zero-order chi connectivity index (χ0) is 21.7. The highest BCUT2D eigenvalue weighted by Gasteiger charge is 2.40. The van der Waals surface area contributed by atoms with Crippen LogP contribution in [0.15, 0.2) is 29.2 Å². The van der Waals surface area contributed by atoms with Crippen molar-refractivity contribution in [1.82, 2.24) is 4.72 Å².